The molecule has 2 aromatic heterocycles. The summed E-state index contributed by atoms with van der Waals surface area (Å²) in [5.41, 5.74) is 1.95. The van der Waals surface area contributed by atoms with Crippen LogP contribution in [-0.2, 0) is 6.54 Å². The molecule has 5 nitrogen and oxygen atoms in total. The van der Waals surface area contributed by atoms with Crippen LogP contribution in [0.15, 0.2) is 72.9 Å². The summed E-state index contributed by atoms with van der Waals surface area (Å²) in [5, 5.41) is 3.49. The fraction of sp³-hybridized carbons (Fsp3) is 0.0476. The number of ether oxygens (including phenoxy) is 1. The molecule has 0 aliphatic carbocycles. The average molecular weight is 361 g/mol. The summed E-state index contributed by atoms with van der Waals surface area (Å²) in [6.45, 7) is 0.316. The van der Waals surface area contributed by atoms with Crippen molar-refractivity contribution in [3.8, 4) is 11.6 Å². The van der Waals surface area contributed by atoms with Gasteiger partial charge in [0, 0.05) is 29.7 Å². The van der Waals surface area contributed by atoms with E-state index in [1.807, 2.05) is 30.3 Å². The van der Waals surface area contributed by atoms with Crippen molar-refractivity contribution in [2.75, 3.05) is 0 Å². The maximum atomic E-state index is 13.3. The van der Waals surface area contributed by atoms with Crippen LogP contribution in [0.25, 0.3) is 10.9 Å². The standard InChI is InChI=1S/C21H16FN3O2/c22-16-6-7-18-15(11-16)12-19(25-18)21(26)24-13-14-8-9-23-20(10-14)27-17-4-2-1-3-5-17/h1-12,25H,13H2,(H,24,26). The SMILES string of the molecule is O=C(NCc1ccnc(Oc2ccccc2)c1)c1cc2cc(F)ccc2[nH]1. The Balaban J connectivity index is 1.43. The van der Waals surface area contributed by atoms with Gasteiger partial charge in [-0.05, 0) is 48.0 Å². The Morgan fingerprint density at radius 2 is 1.93 bits per heavy atom. The molecule has 0 bridgehead atoms. The maximum Gasteiger partial charge on any atom is 0.267 e. The highest BCUT2D eigenvalue weighted by molar-refractivity contribution is 5.97. The maximum absolute atomic E-state index is 13.3. The van der Waals surface area contributed by atoms with Gasteiger partial charge < -0.3 is 15.0 Å². The minimum Gasteiger partial charge on any atom is -0.439 e. The normalized spacial score (nSPS) is 10.7. The first-order valence-corrected chi connectivity index (χ1v) is 8.42. The first-order chi connectivity index (χ1) is 13.2. The number of amides is 1. The molecule has 0 unspecified atom stereocenters. The number of halogens is 1. The summed E-state index contributed by atoms with van der Waals surface area (Å²) in [4.78, 5) is 19.5. The van der Waals surface area contributed by atoms with E-state index in [1.165, 1.54) is 12.1 Å². The molecule has 0 atom stereocenters. The minimum absolute atomic E-state index is 0.269. The molecular weight excluding hydrogens is 345 g/mol. The Kier molecular flexibility index (Phi) is 4.53. The number of fused-ring (bicyclic) bond motifs is 1. The van der Waals surface area contributed by atoms with Gasteiger partial charge in [0.15, 0.2) is 0 Å². The summed E-state index contributed by atoms with van der Waals surface area (Å²) < 4.78 is 19.0. The van der Waals surface area contributed by atoms with Crippen molar-refractivity contribution in [2.45, 2.75) is 6.54 Å². The third-order valence-electron chi connectivity index (χ3n) is 4.05. The molecule has 2 aromatic carbocycles. The lowest BCUT2D eigenvalue weighted by Crippen LogP contribution is -2.23. The van der Waals surface area contributed by atoms with Crippen LogP contribution >= 0.6 is 0 Å². The van der Waals surface area contributed by atoms with E-state index in [4.69, 9.17) is 4.74 Å². The number of carbonyl (C=O) groups excluding carboxylic acids is 1. The molecule has 0 spiro atoms. The Bertz CT molecular complexity index is 1090. The number of hydrogen-bond donors (Lipinski definition) is 2. The predicted molar refractivity (Wildman–Crippen MR) is 100 cm³/mol. The van der Waals surface area contributed by atoms with Gasteiger partial charge in [0.05, 0.1) is 0 Å². The summed E-state index contributed by atoms with van der Waals surface area (Å²) in [6, 6.07) is 18.9. The van der Waals surface area contributed by atoms with Crippen LogP contribution in [0.1, 0.15) is 16.1 Å². The lowest BCUT2D eigenvalue weighted by atomic mass is 10.2. The van der Waals surface area contributed by atoms with E-state index in [-0.39, 0.29) is 11.7 Å². The van der Waals surface area contributed by atoms with Crippen LogP contribution < -0.4 is 10.1 Å². The molecular formula is C21H16FN3O2. The van der Waals surface area contributed by atoms with E-state index in [9.17, 15) is 9.18 Å². The number of rotatable bonds is 5. The lowest BCUT2D eigenvalue weighted by Gasteiger charge is -2.07. The molecule has 27 heavy (non-hydrogen) atoms. The number of nitrogens with zero attached hydrogens (tertiary/aromatic N) is 1. The summed E-state index contributed by atoms with van der Waals surface area (Å²) in [6.07, 6.45) is 1.63. The number of benzene rings is 2. The van der Waals surface area contributed by atoms with Crippen molar-refractivity contribution in [2.24, 2.45) is 0 Å². The number of aromatic amines is 1. The van der Waals surface area contributed by atoms with Crippen LogP contribution in [0.3, 0.4) is 0 Å². The zero-order valence-electron chi connectivity index (χ0n) is 14.3. The van der Waals surface area contributed by atoms with Crippen LogP contribution in [-0.4, -0.2) is 15.9 Å². The molecule has 4 rings (SSSR count). The third kappa shape index (κ3) is 3.95. The Morgan fingerprint density at radius 3 is 2.78 bits per heavy atom. The molecule has 0 aliphatic heterocycles. The Labute approximate surface area is 154 Å². The first-order valence-electron chi connectivity index (χ1n) is 8.42. The molecule has 0 saturated carbocycles. The highest BCUT2D eigenvalue weighted by Crippen LogP contribution is 2.20. The van der Waals surface area contributed by atoms with Crippen LogP contribution in [0.4, 0.5) is 4.39 Å². The van der Waals surface area contributed by atoms with Gasteiger partial charge >= 0.3 is 0 Å². The molecule has 0 radical (unpaired) electrons. The van der Waals surface area contributed by atoms with Crippen molar-refractivity contribution in [1.29, 1.82) is 0 Å². The van der Waals surface area contributed by atoms with Gasteiger partial charge in [0.25, 0.3) is 5.91 Å². The third-order valence-corrected chi connectivity index (χ3v) is 4.05. The lowest BCUT2D eigenvalue weighted by molar-refractivity contribution is 0.0946. The van der Waals surface area contributed by atoms with Crippen molar-refractivity contribution in [3.05, 3.63) is 90.0 Å². The number of para-hydroxylation sites is 1. The molecule has 2 N–H and O–H groups in total. The Hall–Kier alpha value is -3.67. The van der Waals surface area contributed by atoms with Crippen molar-refractivity contribution < 1.29 is 13.9 Å². The summed E-state index contributed by atoms with van der Waals surface area (Å²) in [5.74, 6) is 0.538. The number of hydrogen-bond acceptors (Lipinski definition) is 3. The second-order valence-corrected chi connectivity index (χ2v) is 6.01. The fourth-order valence-corrected chi connectivity index (χ4v) is 2.73. The number of H-pyrrole nitrogens is 1. The molecule has 0 aliphatic rings. The van der Waals surface area contributed by atoms with E-state index >= 15 is 0 Å². The van der Waals surface area contributed by atoms with Gasteiger partial charge in [-0.25, -0.2) is 9.37 Å². The van der Waals surface area contributed by atoms with E-state index in [2.05, 4.69) is 15.3 Å². The molecule has 2 heterocycles. The Morgan fingerprint density at radius 1 is 1.07 bits per heavy atom. The van der Waals surface area contributed by atoms with Crippen molar-refractivity contribution in [1.82, 2.24) is 15.3 Å². The number of pyridine rings is 1. The van der Waals surface area contributed by atoms with Crippen LogP contribution in [0.2, 0.25) is 0 Å². The second kappa shape index (κ2) is 7.29. The summed E-state index contributed by atoms with van der Waals surface area (Å²) >= 11 is 0. The quantitative estimate of drug-likeness (QED) is 0.553. The molecule has 134 valence electrons. The zero-order valence-corrected chi connectivity index (χ0v) is 14.3. The zero-order chi connectivity index (χ0) is 18.6. The monoisotopic (exact) mass is 361 g/mol. The largest absolute Gasteiger partial charge is 0.439 e. The van der Waals surface area contributed by atoms with E-state index in [0.29, 0.717) is 34.8 Å². The second-order valence-electron chi connectivity index (χ2n) is 6.01. The van der Waals surface area contributed by atoms with Gasteiger partial charge in [-0.1, -0.05) is 18.2 Å². The number of aromatic nitrogens is 2. The van der Waals surface area contributed by atoms with Crippen molar-refractivity contribution >= 4 is 16.8 Å². The molecule has 1 amide bonds. The van der Waals surface area contributed by atoms with Crippen LogP contribution in [0.5, 0.6) is 11.6 Å². The average Bonchev–Trinajstić information content (AvgIpc) is 3.10. The summed E-state index contributed by atoms with van der Waals surface area (Å²) in [7, 11) is 0. The van der Waals surface area contributed by atoms with Crippen molar-refractivity contribution in [3.63, 3.8) is 0 Å². The van der Waals surface area contributed by atoms with E-state index in [0.717, 1.165) is 5.56 Å². The predicted octanol–water partition coefficient (Wildman–Crippen LogP) is 4.42. The van der Waals surface area contributed by atoms with E-state index in [1.54, 1.807) is 30.5 Å². The fourth-order valence-electron chi connectivity index (χ4n) is 2.73. The van der Waals surface area contributed by atoms with Gasteiger partial charge in [0.1, 0.15) is 17.3 Å². The first kappa shape index (κ1) is 16.8. The van der Waals surface area contributed by atoms with Gasteiger partial charge in [-0.15, -0.1) is 0 Å². The van der Waals surface area contributed by atoms with Gasteiger partial charge in [-0.2, -0.15) is 0 Å². The smallest absolute Gasteiger partial charge is 0.267 e. The van der Waals surface area contributed by atoms with Crippen LogP contribution in [0, 0.1) is 5.82 Å². The molecule has 0 fully saturated rings. The highest BCUT2D eigenvalue weighted by Gasteiger charge is 2.10. The number of nitrogens with one attached hydrogen (secondary N) is 2. The van der Waals surface area contributed by atoms with E-state index < -0.39 is 0 Å². The highest BCUT2D eigenvalue weighted by atomic mass is 19.1. The van der Waals surface area contributed by atoms with Gasteiger partial charge in [0.2, 0.25) is 5.88 Å². The topological polar surface area (TPSA) is 67.0 Å². The molecule has 6 heteroatoms. The van der Waals surface area contributed by atoms with Gasteiger partial charge in [-0.3, -0.25) is 4.79 Å². The number of carbonyl (C=O) groups is 1. The minimum atomic E-state index is -0.337. The molecule has 0 saturated heterocycles. The molecule has 4 aromatic rings.